The number of fused-ring (bicyclic) bond motifs is 1. The molecule has 3 aromatic rings. The van der Waals surface area contributed by atoms with Crippen LogP contribution in [0.15, 0.2) is 35.6 Å². The molecule has 1 N–H and O–H groups in total. The molecule has 0 saturated carbocycles. The summed E-state index contributed by atoms with van der Waals surface area (Å²) < 4.78 is 2.72. The highest BCUT2D eigenvalue weighted by Crippen LogP contribution is 2.15. The van der Waals surface area contributed by atoms with Gasteiger partial charge < -0.3 is 5.32 Å². The summed E-state index contributed by atoms with van der Waals surface area (Å²) in [7, 11) is 0. The van der Waals surface area contributed by atoms with Gasteiger partial charge in [0.05, 0.1) is 0 Å². The van der Waals surface area contributed by atoms with E-state index in [1.54, 1.807) is 16.7 Å². The van der Waals surface area contributed by atoms with Crippen LogP contribution in [-0.2, 0) is 11.3 Å². The molecule has 3 heterocycles. The summed E-state index contributed by atoms with van der Waals surface area (Å²) in [5.41, 5.74) is 0.289. The van der Waals surface area contributed by atoms with Crippen LogP contribution < -0.4 is 10.9 Å². The van der Waals surface area contributed by atoms with Gasteiger partial charge in [0.2, 0.25) is 5.91 Å². The lowest BCUT2D eigenvalue weighted by molar-refractivity contribution is -0.117. The zero-order valence-electron chi connectivity index (χ0n) is 14.6. The van der Waals surface area contributed by atoms with E-state index in [1.165, 1.54) is 25.5 Å². The predicted molar refractivity (Wildman–Crippen MR) is 94.2 cm³/mol. The van der Waals surface area contributed by atoms with E-state index in [-0.39, 0.29) is 18.2 Å². The van der Waals surface area contributed by atoms with Crippen molar-refractivity contribution in [2.75, 3.05) is 5.32 Å². The summed E-state index contributed by atoms with van der Waals surface area (Å²) in [4.78, 5) is 44.3. The lowest BCUT2D eigenvalue weighted by Crippen LogP contribution is -2.32. The van der Waals surface area contributed by atoms with E-state index in [0.717, 1.165) is 4.68 Å². The molecule has 0 bridgehead atoms. The molecule has 0 spiro atoms. The van der Waals surface area contributed by atoms with Crippen molar-refractivity contribution in [3.8, 4) is 0 Å². The number of nitrogens with one attached hydrogen (secondary N) is 1. The minimum atomic E-state index is -0.445. The van der Waals surface area contributed by atoms with E-state index in [4.69, 9.17) is 0 Å². The molecule has 9 heteroatoms. The van der Waals surface area contributed by atoms with Gasteiger partial charge in [-0.3, -0.25) is 18.8 Å². The summed E-state index contributed by atoms with van der Waals surface area (Å²) in [5.74, 6) is 0.333. The fraction of sp³-hybridized carbons (Fsp3) is 0.294. The second kappa shape index (κ2) is 6.87. The number of hydrogen-bond acceptors (Lipinski definition) is 6. The fourth-order valence-corrected chi connectivity index (χ4v) is 2.54. The zero-order valence-corrected chi connectivity index (χ0v) is 14.6. The fourth-order valence-electron chi connectivity index (χ4n) is 2.54. The number of amides is 1. The molecular formula is C17H18N6O3. The van der Waals surface area contributed by atoms with Gasteiger partial charge in [0, 0.05) is 23.9 Å². The molecule has 0 saturated heterocycles. The minimum absolute atomic E-state index is 0.0125. The van der Waals surface area contributed by atoms with Crippen molar-refractivity contribution in [3.63, 3.8) is 0 Å². The van der Waals surface area contributed by atoms with Crippen molar-refractivity contribution in [2.45, 2.75) is 33.2 Å². The Morgan fingerprint density at radius 2 is 2.08 bits per heavy atom. The molecule has 0 aliphatic carbocycles. The molecule has 0 aliphatic heterocycles. The number of Topliss-reactive ketones (excluding diaryl/α,β-unsaturated/α-hetero) is 1. The Labute approximate surface area is 148 Å². The van der Waals surface area contributed by atoms with Gasteiger partial charge in [0.1, 0.15) is 30.0 Å². The molecule has 0 atom stereocenters. The number of anilines is 1. The van der Waals surface area contributed by atoms with E-state index in [9.17, 15) is 14.4 Å². The predicted octanol–water partition coefficient (Wildman–Crippen LogP) is 1.25. The van der Waals surface area contributed by atoms with Crippen LogP contribution in [-0.4, -0.2) is 35.8 Å². The molecule has 0 fully saturated rings. The van der Waals surface area contributed by atoms with Crippen LogP contribution in [0.3, 0.4) is 0 Å². The summed E-state index contributed by atoms with van der Waals surface area (Å²) >= 11 is 0. The van der Waals surface area contributed by atoms with Crippen LogP contribution in [0.25, 0.3) is 5.52 Å². The lowest BCUT2D eigenvalue weighted by atomic mass is 10.2. The van der Waals surface area contributed by atoms with E-state index in [0.29, 0.717) is 22.7 Å². The van der Waals surface area contributed by atoms with Crippen molar-refractivity contribution in [3.05, 3.63) is 52.6 Å². The van der Waals surface area contributed by atoms with Crippen LogP contribution in [0.2, 0.25) is 0 Å². The van der Waals surface area contributed by atoms with Crippen LogP contribution in [0.4, 0.5) is 5.82 Å². The van der Waals surface area contributed by atoms with Crippen molar-refractivity contribution >= 4 is 23.0 Å². The average Bonchev–Trinajstić information content (AvgIpc) is 3.04. The molecule has 1 amide bonds. The Bertz CT molecular complexity index is 1040. The lowest BCUT2D eigenvalue weighted by Gasteiger charge is -2.12. The number of carbonyl (C=O) groups is 2. The SMILES string of the molecule is CC(=O)c1cc2c(=O)n(CC(=O)Nc3ccncn3)nc(C(C)C)n2c1. The topological polar surface area (TPSA) is 111 Å². The van der Waals surface area contributed by atoms with Crippen molar-refractivity contribution in [2.24, 2.45) is 0 Å². The second-order valence-electron chi connectivity index (χ2n) is 6.16. The van der Waals surface area contributed by atoms with Crippen molar-refractivity contribution < 1.29 is 9.59 Å². The highest BCUT2D eigenvalue weighted by Gasteiger charge is 2.17. The van der Waals surface area contributed by atoms with E-state index >= 15 is 0 Å². The van der Waals surface area contributed by atoms with Crippen molar-refractivity contribution in [1.29, 1.82) is 0 Å². The number of hydrogen-bond donors (Lipinski definition) is 1. The third-order valence-corrected chi connectivity index (χ3v) is 3.81. The molecule has 0 aliphatic rings. The van der Waals surface area contributed by atoms with Crippen molar-refractivity contribution in [1.82, 2.24) is 24.1 Å². The van der Waals surface area contributed by atoms with Gasteiger partial charge in [-0.15, -0.1) is 0 Å². The molecule has 0 unspecified atom stereocenters. The first-order chi connectivity index (χ1) is 12.4. The largest absolute Gasteiger partial charge is 0.309 e. The third kappa shape index (κ3) is 3.37. The van der Waals surface area contributed by atoms with Gasteiger partial charge in [-0.1, -0.05) is 13.8 Å². The number of nitrogens with zero attached hydrogens (tertiary/aromatic N) is 5. The Kier molecular flexibility index (Phi) is 4.61. The second-order valence-corrected chi connectivity index (χ2v) is 6.16. The maximum absolute atomic E-state index is 12.7. The smallest absolute Gasteiger partial charge is 0.291 e. The number of ketones is 1. The molecule has 26 heavy (non-hydrogen) atoms. The molecule has 3 rings (SSSR count). The standard InChI is InChI=1S/C17H18N6O3/c1-10(2)16-21-23(8-15(25)20-14-4-5-18-9-19-14)17(26)13-6-12(11(3)24)7-22(13)16/h4-7,9-10H,8H2,1-3H3,(H,18,19,20,25). The summed E-state index contributed by atoms with van der Waals surface area (Å²) in [6, 6.07) is 3.07. The minimum Gasteiger partial charge on any atom is -0.309 e. The van der Waals surface area contributed by atoms with Gasteiger partial charge in [0.15, 0.2) is 5.78 Å². The monoisotopic (exact) mass is 354 g/mol. The molecule has 0 radical (unpaired) electrons. The zero-order chi connectivity index (χ0) is 18.8. The first-order valence-electron chi connectivity index (χ1n) is 8.06. The summed E-state index contributed by atoms with van der Waals surface area (Å²) in [6.07, 6.45) is 4.42. The van der Waals surface area contributed by atoms with Gasteiger partial charge in [-0.05, 0) is 19.1 Å². The molecule has 3 aromatic heterocycles. The highest BCUT2D eigenvalue weighted by molar-refractivity contribution is 5.95. The highest BCUT2D eigenvalue weighted by atomic mass is 16.2. The summed E-state index contributed by atoms with van der Waals surface area (Å²) in [5, 5.41) is 6.90. The first kappa shape index (κ1) is 17.5. The maximum Gasteiger partial charge on any atom is 0.291 e. The van der Waals surface area contributed by atoms with Crippen LogP contribution in [0, 0.1) is 0 Å². The number of carbonyl (C=O) groups excluding carboxylic acids is 2. The normalized spacial score (nSPS) is 11.1. The van der Waals surface area contributed by atoms with Gasteiger partial charge in [-0.2, -0.15) is 5.10 Å². The Balaban J connectivity index is 2.00. The van der Waals surface area contributed by atoms with Gasteiger partial charge >= 0.3 is 0 Å². The number of rotatable bonds is 5. The van der Waals surface area contributed by atoms with Crippen LogP contribution in [0.1, 0.15) is 42.9 Å². The molecule has 134 valence electrons. The van der Waals surface area contributed by atoms with E-state index in [2.05, 4.69) is 20.4 Å². The Hall–Kier alpha value is -3.36. The Morgan fingerprint density at radius 1 is 1.31 bits per heavy atom. The quantitative estimate of drug-likeness (QED) is 0.690. The van der Waals surface area contributed by atoms with Crippen LogP contribution in [0.5, 0.6) is 0 Å². The summed E-state index contributed by atoms with van der Waals surface area (Å²) in [6.45, 7) is 5.01. The third-order valence-electron chi connectivity index (χ3n) is 3.81. The van der Waals surface area contributed by atoms with Gasteiger partial charge in [-0.25, -0.2) is 14.6 Å². The number of aromatic nitrogens is 5. The molecular weight excluding hydrogens is 336 g/mol. The van der Waals surface area contributed by atoms with Gasteiger partial charge in [0.25, 0.3) is 5.56 Å². The van der Waals surface area contributed by atoms with Crippen LogP contribution >= 0.6 is 0 Å². The maximum atomic E-state index is 12.7. The molecule has 9 nitrogen and oxygen atoms in total. The molecule has 0 aromatic carbocycles. The van der Waals surface area contributed by atoms with E-state index in [1.807, 2.05) is 13.8 Å². The average molecular weight is 354 g/mol. The van der Waals surface area contributed by atoms with E-state index < -0.39 is 11.5 Å². The Morgan fingerprint density at radius 3 is 2.69 bits per heavy atom. The first-order valence-corrected chi connectivity index (χ1v) is 8.06.